The lowest BCUT2D eigenvalue weighted by Crippen LogP contribution is -2.32. The monoisotopic (exact) mass is 248 g/mol. The highest BCUT2D eigenvalue weighted by atomic mass is 16.1. The minimum atomic E-state index is -0.163. The summed E-state index contributed by atoms with van der Waals surface area (Å²) in [6.45, 7) is 0. The Bertz CT molecular complexity index is 413. The molecule has 0 atom stereocenters. The predicted octanol–water partition coefficient (Wildman–Crippen LogP) is 1.12. The molecule has 1 fully saturated rings. The van der Waals surface area contributed by atoms with E-state index in [1.807, 2.05) is 6.07 Å². The van der Waals surface area contributed by atoms with Gasteiger partial charge in [-0.15, -0.1) is 0 Å². The minimum absolute atomic E-state index is 0.163. The molecule has 1 amide bonds. The molecular weight excluding hydrogens is 228 g/mol. The topological polar surface area (TPSA) is 80.0 Å². The van der Waals surface area contributed by atoms with Gasteiger partial charge < -0.3 is 16.4 Å². The van der Waals surface area contributed by atoms with Gasteiger partial charge in [-0.2, -0.15) is 0 Å². The van der Waals surface area contributed by atoms with E-state index in [4.69, 9.17) is 5.73 Å². The Morgan fingerprint density at radius 3 is 2.78 bits per heavy atom. The summed E-state index contributed by atoms with van der Waals surface area (Å²) >= 11 is 0. The highest BCUT2D eigenvalue weighted by Crippen LogP contribution is 2.21. The van der Waals surface area contributed by atoms with Gasteiger partial charge in [0.15, 0.2) is 0 Å². The molecule has 0 saturated heterocycles. The smallest absolute Gasteiger partial charge is 0.269 e. The van der Waals surface area contributed by atoms with Gasteiger partial charge in [0.1, 0.15) is 5.69 Å². The van der Waals surface area contributed by atoms with Gasteiger partial charge in [0.25, 0.3) is 5.91 Å². The van der Waals surface area contributed by atoms with Crippen molar-refractivity contribution in [3.8, 4) is 0 Å². The van der Waals surface area contributed by atoms with Gasteiger partial charge in [-0.3, -0.25) is 9.78 Å². The fraction of sp³-hybridized carbons (Fsp3) is 0.538. The maximum Gasteiger partial charge on any atom is 0.269 e. The molecular formula is C13H20N4O. The molecule has 0 radical (unpaired) electrons. The summed E-state index contributed by atoms with van der Waals surface area (Å²) in [5.74, 6) is -0.163. The number of nitrogens with two attached hydrogens (primary N) is 1. The third-order valence-electron chi connectivity index (χ3n) is 3.36. The lowest BCUT2D eigenvalue weighted by atomic mass is 9.92. The van der Waals surface area contributed by atoms with Crippen molar-refractivity contribution in [2.75, 3.05) is 12.4 Å². The molecule has 5 heteroatoms. The first-order chi connectivity index (χ1) is 8.69. The highest BCUT2D eigenvalue weighted by Gasteiger charge is 2.18. The van der Waals surface area contributed by atoms with Gasteiger partial charge in [-0.1, -0.05) is 0 Å². The van der Waals surface area contributed by atoms with E-state index in [9.17, 15) is 4.79 Å². The molecule has 18 heavy (non-hydrogen) atoms. The average Bonchev–Trinajstić information content (AvgIpc) is 2.41. The van der Waals surface area contributed by atoms with Crippen molar-refractivity contribution in [1.29, 1.82) is 0 Å². The fourth-order valence-electron chi connectivity index (χ4n) is 2.27. The normalized spacial score (nSPS) is 23.4. The Labute approximate surface area is 107 Å². The van der Waals surface area contributed by atoms with Crippen LogP contribution in [0.1, 0.15) is 36.2 Å². The molecule has 1 saturated carbocycles. The molecule has 1 heterocycles. The standard InChI is InChI=1S/C13H20N4O/c1-15-13(18)12-8-11(6-7-16-12)17-10-4-2-9(14)3-5-10/h6-10H,2-5,14H2,1H3,(H,15,18)(H,16,17). The SMILES string of the molecule is CNC(=O)c1cc(NC2CCC(N)CC2)ccn1. The molecule has 4 N–H and O–H groups in total. The van der Waals surface area contributed by atoms with E-state index in [1.165, 1.54) is 0 Å². The first-order valence-corrected chi connectivity index (χ1v) is 6.39. The second-order valence-electron chi connectivity index (χ2n) is 4.76. The van der Waals surface area contributed by atoms with Crippen molar-refractivity contribution in [3.63, 3.8) is 0 Å². The van der Waals surface area contributed by atoms with Gasteiger partial charge in [-0.25, -0.2) is 0 Å². The summed E-state index contributed by atoms with van der Waals surface area (Å²) in [6.07, 6.45) is 5.94. The van der Waals surface area contributed by atoms with Crippen molar-refractivity contribution < 1.29 is 4.79 Å². The lowest BCUT2D eigenvalue weighted by Gasteiger charge is -2.27. The minimum Gasteiger partial charge on any atom is -0.382 e. The van der Waals surface area contributed by atoms with Crippen LogP contribution in [0.25, 0.3) is 0 Å². The first-order valence-electron chi connectivity index (χ1n) is 6.39. The Hall–Kier alpha value is -1.62. The molecule has 1 aromatic heterocycles. The Morgan fingerprint density at radius 2 is 2.11 bits per heavy atom. The summed E-state index contributed by atoms with van der Waals surface area (Å²) < 4.78 is 0. The summed E-state index contributed by atoms with van der Waals surface area (Å²) in [4.78, 5) is 15.5. The summed E-state index contributed by atoms with van der Waals surface area (Å²) in [6, 6.07) is 4.47. The average molecular weight is 248 g/mol. The van der Waals surface area contributed by atoms with Crippen LogP contribution in [0.15, 0.2) is 18.3 Å². The zero-order valence-corrected chi connectivity index (χ0v) is 10.6. The van der Waals surface area contributed by atoms with Crippen LogP contribution in [-0.2, 0) is 0 Å². The third-order valence-corrected chi connectivity index (χ3v) is 3.36. The molecule has 5 nitrogen and oxygen atoms in total. The van der Waals surface area contributed by atoms with Gasteiger partial charge in [-0.05, 0) is 37.8 Å². The number of carbonyl (C=O) groups is 1. The van der Waals surface area contributed by atoms with E-state index < -0.39 is 0 Å². The van der Waals surface area contributed by atoms with Gasteiger partial charge >= 0.3 is 0 Å². The van der Waals surface area contributed by atoms with Crippen LogP contribution in [0.3, 0.4) is 0 Å². The van der Waals surface area contributed by atoms with Crippen LogP contribution in [0, 0.1) is 0 Å². The molecule has 0 aliphatic heterocycles. The Morgan fingerprint density at radius 1 is 1.39 bits per heavy atom. The third kappa shape index (κ3) is 3.20. The van der Waals surface area contributed by atoms with Crippen LogP contribution in [0.2, 0.25) is 0 Å². The van der Waals surface area contributed by atoms with Crippen LogP contribution < -0.4 is 16.4 Å². The van der Waals surface area contributed by atoms with E-state index in [0.29, 0.717) is 17.8 Å². The second kappa shape index (κ2) is 5.82. The van der Waals surface area contributed by atoms with Crippen LogP contribution >= 0.6 is 0 Å². The van der Waals surface area contributed by atoms with E-state index in [-0.39, 0.29) is 5.91 Å². The van der Waals surface area contributed by atoms with E-state index in [0.717, 1.165) is 31.4 Å². The van der Waals surface area contributed by atoms with Crippen molar-refractivity contribution in [3.05, 3.63) is 24.0 Å². The van der Waals surface area contributed by atoms with Crippen molar-refractivity contribution in [2.45, 2.75) is 37.8 Å². The first kappa shape index (κ1) is 12.8. The molecule has 1 aliphatic rings. The Balaban J connectivity index is 1.99. The number of hydrogen-bond donors (Lipinski definition) is 3. The number of nitrogens with one attached hydrogen (secondary N) is 2. The number of anilines is 1. The van der Waals surface area contributed by atoms with Crippen LogP contribution in [0.5, 0.6) is 0 Å². The number of pyridine rings is 1. The maximum atomic E-state index is 11.5. The molecule has 0 bridgehead atoms. The van der Waals surface area contributed by atoms with Gasteiger partial charge in [0.05, 0.1) is 0 Å². The fourth-order valence-corrected chi connectivity index (χ4v) is 2.27. The molecule has 1 aromatic rings. The predicted molar refractivity (Wildman–Crippen MR) is 71.5 cm³/mol. The summed E-state index contributed by atoms with van der Waals surface area (Å²) in [5.41, 5.74) is 7.27. The number of rotatable bonds is 3. The van der Waals surface area contributed by atoms with Gasteiger partial charge in [0.2, 0.25) is 0 Å². The number of hydrogen-bond acceptors (Lipinski definition) is 4. The Kier molecular flexibility index (Phi) is 4.15. The second-order valence-corrected chi connectivity index (χ2v) is 4.76. The maximum absolute atomic E-state index is 11.5. The largest absolute Gasteiger partial charge is 0.382 e. The zero-order chi connectivity index (χ0) is 13.0. The molecule has 1 aliphatic carbocycles. The number of nitrogens with zero attached hydrogens (tertiary/aromatic N) is 1. The van der Waals surface area contributed by atoms with Crippen molar-refractivity contribution in [1.82, 2.24) is 10.3 Å². The number of aromatic nitrogens is 1. The molecule has 0 aromatic carbocycles. The molecule has 0 spiro atoms. The van der Waals surface area contributed by atoms with E-state index >= 15 is 0 Å². The van der Waals surface area contributed by atoms with Crippen molar-refractivity contribution >= 4 is 11.6 Å². The van der Waals surface area contributed by atoms with Crippen molar-refractivity contribution in [2.24, 2.45) is 5.73 Å². The highest BCUT2D eigenvalue weighted by molar-refractivity contribution is 5.92. The van der Waals surface area contributed by atoms with Crippen LogP contribution in [-0.4, -0.2) is 30.0 Å². The molecule has 98 valence electrons. The van der Waals surface area contributed by atoms with E-state index in [2.05, 4.69) is 15.6 Å². The molecule has 0 unspecified atom stereocenters. The summed E-state index contributed by atoms with van der Waals surface area (Å²) in [7, 11) is 1.60. The zero-order valence-electron chi connectivity index (χ0n) is 10.6. The lowest BCUT2D eigenvalue weighted by molar-refractivity contribution is 0.0958. The molecule has 2 rings (SSSR count). The summed E-state index contributed by atoms with van der Waals surface area (Å²) in [5, 5.41) is 6.02. The quantitative estimate of drug-likeness (QED) is 0.749. The van der Waals surface area contributed by atoms with Gasteiger partial charge in [0, 0.05) is 31.0 Å². The van der Waals surface area contributed by atoms with E-state index in [1.54, 1.807) is 19.3 Å². The number of carbonyl (C=O) groups excluding carboxylic acids is 1. The van der Waals surface area contributed by atoms with Crippen LogP contribution in [0.4, 0.5) is 5.69 Å². The number of amides is 1.